The van der Waals surface area contributed by atoms with Crippen molar-refractivity contribution in [3.8, 4) is 0 Å². The number of hydrogen-bond donors (Lipinski definition) is 1. The van der Waals surface area contributed by atoms with Crippen molar-refractivity contribution in [1.29, 1.82) is 0 Å². The number of nitrogens with zero attached hydrogens (tertiary/aromatic N) is 2. The van der Waals surface area contributed by atoms with Crippen LogP contribution in [0.5, 0.6) is 0 Å². The fourth-order valence-electron chi connectivity index (χ4n) is 3.45. The van der Waals surface area contributed by atoms with Crippen molar-refractivity contribution in [3.05, 3.63) is 22.4 Å². The molecule has 0 spiro atoms. The second kappa shape index (κ2) is 6.07. The number of nitrogens with one attached hydrogen (secondary N) is 1. The van der Waals surface area contributed by atoms with E-state index in [1.165, 1.54) is 18.4 Å². The Balaban J connectivity index is 1.81. The van der Waals surface area contributed by atoms with Crippen molar-refractivity contribution >= 4 is 17.2 Å². The van der Waals surface area contributed by atoms with Gasteiger partial charge in [0, 0.05) is 12.6 Å². The van der Waals surface area contributed by atoms with Crippen molar-refractivity contribution in [2.45, 2.75) is 44.9 Å². The maximum absolute atomic E-state index is 12.8. The van der Waals surface area contributed by atoms with E-state index in [1.54, 1.807) is 11.3 Å². The Hall–Kier alpha value is -0.910. The Bertz CT molecular complexity index is 488. The van der Waals surface area contributed by atoms with Crippen LogP contribution < -0.4 is 5.32 Å². The second-order valence-corrected chi connectivity index (χ2v) is 7.39. The largest absolute Gasteiger partial charge is 0.320 e. The molecular formula is C16H25N3OS. The number of rotatable bonds is 4. The third-order valence-corrected chi connectivity index (χ3v) is 5.50. The fourth-order valence-corrected chi connectivity index (χ4v) is 4.13. The van der Waals surface area contributed by atoms with Crippen molar-refractivity contribution in [2.24, 2.45) is 5.92 Å². The van der Waals surface area contributed by atoms with Crippen LogP contribution in [0.3, 0.4) is 0 Å². The molecule has 3 atom stereocenters. The Kier molecular flexibility index (Phi) is 4.33. The van der Waals surface area contributed by atoms with Gasteiger partial charge in [-0.05, 0) is 54.7 Å². The minimum absolute atomic E-state index is 0.0464. The highest BCUT2D eigenvalue weighted by molar-refractivity contribution is 7.07. The van der Waals surface area contributed by atoms with E-state index in [4.69, 9.17) is 0 Å². The van der Waals surface area contributed by atoms with Gasteiger partial charge in [0.25, 0.3) is 0 Å². The highest BCUT2D eigenvalue weighted by Crippen LogP contribution is 2.31. The van der Waals surface area contributed by atoms with Crippen molar-refractivity contribution in [1.82, 2.24) is 15.1 Å². The maximum Gasteiger partial charge on any atom is 0.241 e. The van der Waals surface area contributed by atoms with Gasteiger partial charge in [-0.3, -0.25) is 10.1 Å². The SMILES string of the molecule is CC(C)C1NC(c2ccsc2)N(CC2CCCN2C)C1=O. The zero-order chi connectivity index (χ0) is 15.0. The Morgan fingerprint density at radius 1 is 1.48 bits per heavy atom. The summed E-state index contributed by atoms with van der Waals surface area (Å²) in [6.07, 6.45) is 2.49. The first kappa shape index (κ1) is 15.0. The molecule has 4 nitrogen and oxygen atoms in total. The summed E-state index contributed by atoms with van der Waals surface area (Å²) in [4.78, 5) is 17.3. The normalized spacial score (nSPS) is 30.8. The molecule has 2 saturated heterocycles. The zero-order valence-corrected chi connectivity index (χ0v) is 13.9. The van der Waals surface area contributed by atoms with Crippen molar-refractivity contribution in [2.75, 3.05) is 20.1 Å². The molecule has 3 rings (SSSR count). The van der Waals surface area contributed by atoms with Gasteiger partial charge in [-0.25, -0.2) is 0 Å². The Morgan fingerprint density at radius 3 is 2.86 bits per heavy atom. The van der Waals surface area contributed by atoms with E-state index < -0.39 is 0 Å². The Morgan fingerprint density at radius 2 is 2.29 bits per heavy atom. The number of hydrogen-bond acceptors (Lipinski definition) is 4. The summed E-state index contributed by atoms with van der Waals surface area (Å²) in [7, 11) is 2.17. The van der Waals surface area contributed by atoms with E-state index in [-0.39, 0.29) is 18.1 Å². The molecule has 2 aliphatic rings. The first-order valence-corrected chi connectivity index (χ1v) is 8.81. The van der Waals surface area contributed by atoms with Crippen molar-refractivity contribution in [3.63, 3.8) is 0 Å². The van der Waals surface area contributed by atoms with E-state index in [1.807, 2.05) is 0 Å². The van der Waals surface area contributed by atoms with Gasteiger partial charge in [0.1, 0.15) is 6.17 Å². The fraction of sp³-hybridized carbons (Fsp3) is 0.688. The van der Waals surface area contributed by atoms with E-state index >= 15 is 0 Å². The van der Waals surface area contributed by atoms with Crippen LogP contribution in [0, 0.1) is 5.92 Å². The lowest BCUT2D eigenvalue weighted by atomic mass is 10.0. The number of likely N-dealkylation sites (N-methyl/N-ethyl adjacent to an activating group) is 1. The molecule has 0 bridgehead atoms. The third kappa shape index (κ3) is 2.87. The molecule has 0 saturated carbocycles. The highest BCUT2D eigenvalue weighted by Gasteiger charge is 2.42. The first-order valence-electron chi connectivity index (χ1n) is 7.87. The van der Waals surface area contributed by atoms with Crippen LogP contribution in [0.2, 0.25) is 0 Å². The molecule has 2 fully saturated rings. The van der Waals surface area contributed by atoms with E-state index in [0.717, 1.165) is 13.1 Å². The van der Waals surface area contributed by atoms with Crippen LogP contribution in [-0.4, -0.2) is 47.9 Å². The lowest BCUT2D eigenvalue weighted by molar-refractivity contribution is -0.131. The van der Waals surface area contributed by atoms with Crippen LogP contribution in [0.25, 0.3) is 0 Å². The molecule has 2 aliphatic heterocycles. The Labute approximate surface area is 131 Å². The summed E-state index contributed by atoms with van der Waals surface area (Å²) >= 11 is 1.69. The number of likely N-dealkylation sites (tertiary alicyclic amines) is 1. The van der Waals surface area contributed by atoms with Gasteiger partial charge < -0.3 is 9.80 Å². The lowest BCUT2D eigenvalue weighted by Crippen LogP contribution is -2.42. The van der Waals surface area contributed by atoms with Gasteiger partial charge in [0.15, 0.2) is 0 Å². The van der Waals surface area contributed by atoms with Gasteiger partial charge in [-0.15, -0.1) is 0 Å². The van der Waals surface area contributed by atoms with Crippen LogP contribution in [0.15, 0.2) is 16.8 Å². The molecule has 3 heterocycles. The monoisotopic (exact) mass is 307 g/mol. The van der Waals surface area contributed by atoms with Gasteiger partial charge in [0.05, 0.1) is 6.04 Å². The van der Waals surface area contributed by atoms with Gasteiger partial charge in [0.2, 0.25) is 5.91 Å². The molecule has 0 aromatic carbocycles. The number of carbonyl (C=O) groups excluding carboxylic acids is 1. The zero-order valence-electron chi connectivity index (χ0n) is 13.1. The summed E-state index contributed by atoms with van der Waals surface area (Å²) in [5, 5.41) is 7.79. The molecule has 5 heteroatoms. The molecule has 1 aromatic rings. The molecular weight excluding hydrogens is 282 g/mol. The minimum Gasteiger partial charge on any atom is -0.320 e. The summed E-state index contributed by atoms with van der Waals surface area (Å²) in [5.41, 5.74) is 1.22. The maximum atomic E-state index is 12.8. The predicted octanol–water partition coefficient (Wildman–Crippen LogP) is 2.30. The number of thiophene rings is 1. The van der Waals surface area contributed by atoms with E-state index in [0.29, 0.717) is 12.0 Å². The lowest BCUT2D eigenvalue weighted by Gasteiger charge is -2.29. The topological polar surface area (TPSA) is 35.6 Å². The van der Waals surface area contributed by atoms with Crippen LogP contribution in [-0.2, 0) is 4.79 Å². The number of carbonyl (C=O) groups is 1. The molecule has 1 amide bonds. The molecule has 3 unspecified atom stereocenters. The second-order valence-electron chi connectivity index (χ2n) is 6.61. The summed E-state index contributed by atoms with van der Waals surface area (Å²) in [6.45, 7) is 6.22. The average Bonchev–Trinajstić information content (AvgIpc) is 3.13. The van der Waals surface area contributed by atoms with Crippen molar-refractivity contribution < 1.29 is 4.79 Å². The summed E-state index contributed by atoms with van der Waals surface area (Å²) in [5.74, 6) is 0.589. The quantitative estimate of drug-likeness (QED) is 0.927. The molecule has 1 N–H and O–H groups in total. The highest BCUT2D eigenvalue weighted by atomic mass is 32.1. The first-order chi connectivity index (χ1) is 10.1. The standard InChI is InChI=1S/C16H25N3OS/c1-11(2)14-16(20)19(9-13-5-4-7-18(13)3)15(17-14)12-6-8-21-10-12/h6,8,10-11,13-15,17H,4-5,7,9H2,1-3H3. The smallest absolute Gasteiger partial charge is 0.241 e. The molecule has 0 radical (unpaired) electrons. The predicted molar refractivity (Wildman–Crippen MR) is 86.2 cm³/mol. The van der Waals surface area contributed by atoms with Gasteiger partial charge >= 0.3 is 0 Å². The molecule has 21 heavy (non-hydrogen) atoms. The third-order valence-electron chi connectivity index (χ3n) is 4.80. The van der Waals surface area contributed by atoms with Crippen LogP contribution in [0.1, 0.15) is 38.4 Å². The minimum atomic E-state index is -0.0541. The molecule has 1 aromatic heterocycles. The van der Waals surface area contributed by atoms with Gasteiger partial charge in [-0.1, -0.05) is 13.8 Å². The number of amides is 1. The van der Waals surface area contributed by atoms with Crippen LogP contribution >= 0.6 is 11.3 Å². The van der Waals surface area contributed by atoms with E-state index in [2.05, 4.69) is 52.8 Å². The average molecular weight is 307 g/mol. The molecule has 0 aliphatic carbocycles. The summed E-state index contributed by atoms with van der Waals surface area (Å²) in [6, 6.07) is 2.58. The molecule has 116 valence electrons. The van der Waals surface area contributed by atoms with E-state index in [9.17, 15) is 4.79 Å². The summed E-state index contributed by atoms with van der Waals surface area (Å²) < 4.78 is 0. The van der Waals surface area contributed by atoms with Gasteiger partial charge in [-0.2, -0.15) is 11.3 Å². The van der Waals surface area contributed by atoms with Crippen LogP contribution in [0.4, 0.5) is 0 Å².